The molecule has 2 heterocycles. The van der Waals surface area contributed by atoms with Gasteiger partial charge in [0.25, 0.3) is 0 Å². The van der Waals surface area contributed by atoms with E-state index in [0.717, 1.165) is 37.0 Å². The monoisotopic (exact) mass is 380 g/mol. The van der Waals surface area contributed by atoms with E-state index in [1.807, 2.05) is 17.5 Å². The highest BCUT2D eigenvalue weighted by Crippen LogP contribution is 2.47. The average molecular weight is 381 g/mol. The Morgan fingerprint density at radius 1 is 1.35 bits per heavy atom. The van der Waals surface area contributed by atoms with Crippen LogP contribution in [0.4, 0.5) is 5.82 Å². The van der Waals surface area contributed by atoms with Crippen LogP contribution in [-0.4, -0.2) is 27.4 Å². The van der Waals surface area contributed by atoms with E-state index in [1.54, 1.807) is 6.20 Å². The van der Waals surface area contributed by atoms with Gasteiger partial charge in [0.05, 0.1) is 12.5 Å². The number of halogens is 1. The molecule has 7 heteroatoms. The summed E-state index contributed by atoms with van der Waals surface area (Å²) in [4.78, 5) is 20.9. The van der Waals surface area contributed by atoms with E-state index in [1.165, 1.54) is 7.11 Å². The molecule has 1 fully saturated rings. The normalized spacial score (nSPS) is 28.0. The summed E-state index contributed by atoms with van der Waals surface area (Å²) in [7, 11) is 1.45. The molecular formula is C16H21BrN4O2. The van der Waals surface area contributed by atoms with Gasteiger partial charge in [-0.1, -0.05) is 6.92 Å². The van der Waals surface area contributed by atoms with Crippen molar-refractivity contribution in [2.75, 3.05) is 12.8 Å². The van der Waals surface area contributed by atoms with Gasteiger partial charge in [-0.2, -0.15) is 0 Å². The molecule has 1 aliphatic carbocycles. The van der Waals surface area contributed by atoms with Gasteiger partial charge in [-0.15, -0.1) is 0 Å². The lowest BCUT2D eigenvalue weighted by Crippen LogP contribution is -2.39. The van der Waals surface area contributed by atoms with Gasteiger partial charge < -0.3 is 10.5 Å². The average Bonchev–Trinajstić information content (AvgIpc) is 2.89. The van der Waals surface area contributed by atoms with Crippen LogP contribution in [0.3, 0.4) is 0 Å². The van der Waals surface area contributed by atoms with Crippen molar-refractivity contribution in [2.24, 2.45) is 5.41 Å². The summed E-state index contributed by atoms with van der Waals surface area (Å²) >= 11 is 3.49. The Bertz CT molecular complexity index is 763. The van der Waals surface area contributed by atoms with Gasteiger partial charge in [-0.25, -0.2) is 9.97 Å². The number of aromatic nitrogens is 3. The zero-order valence-electron chi connectivity index (χ0n) is 13.6. The van der Waals surface area contributed by atoms with Crippen LogP contribution in [0, 0.1) is 5.41 Å². The molecule has 1 saturated carbocycles. The Morgan fingerprint density at radius 2 is 2.00 bits per heavy atom. The lowest BCUT2D eigenvalue weighted by molar-refractivity contribution is -0.154. The predicted octanol–water partition coefficient (Wildman–Crippen LogP) is 3.09. The number of carbonyl (C=O) groups is 1. The summed E-state index contributed by atoms with van der Waals surface area (Å²) < 4.78 is 7.68. The molecule has 124 valence electrons. The third-order valence-corrected chi connectivity index (χ3v) is 5.77. The summed E-state index contributed by atoms with van der Waals surface area (Å²) in [5.74, 6) is 1.29. The van der Waals surface area contributed by atoms with Gasteiger partial charge in [-0.05, 0) is 48.5 Å². The molecule has 0 bridgehead atoms. The predicted molar refractivity (Wildman–Crippen MR) is 91.0 cm³/mol. The van der Waals surface area contributed by atoms with E-state index >= 15 is 0 Å². The van der Waals surface area contributed by atoms with Crippen LogP contribution in [0.1, 0.15) is 45.4 Å². The summed E-state index contributed by atoms with van der Waals surface area (Å²) in [5.41, 5.74) is 6.26. The molecule has 2 aromatic rings. The fourth-order valence-corrected chi connectivity index (χ4v) is 4.04. The largest absolute Gasteiger partial charge is 0.469 e. The lowest BCUT2D eigenvalue weighted by atomic mass is 9.65. The van der Waals surface area contributed by atoms with Crippen LogP contribution in [0.15, 0.2) is 17.0 Å². The topological polar surface area (TPSA) is 82.5 Å². The standard InChI is InChI=1S/C16H21BrN4O2/c1-15(4-6-16(2,7-5-15)14(22)23-3)13-20-11(17)10-12(18)19-8-9-21(10)13/h8-9H,4-7H2,1-3H3,(H2,18,19)/t15-,16-. The van der Waals surface area contributed by atoms with E-state index in [4.69, 9.17) is 15.5 Å². The van der Waals surface area contributed by atoms with Crippen molar-refractivity contribution in [2.45, 2.75) is 44.9 Å². The van der Waals surface area contributed by atoms with E-state index in [2.05, 4.69) is 27.8 Å². The number of carbonyl (C=O) groups excluding carboxylic acids is 1. The molecule has 0 aliphatic heterocycles. The first kappa shape index (κ1) is 16.2. The summed E-state index contributed by atoms with van der Waals surface area (Å²) in [6.45, 7) is 4.18. The number of hydrogen-bond acceptors (Lipinski definition) is 5. The Balaban J connectivity index is 1.98. The Kier molecular flexibility index (Phi) is 3.86. The van der Waals surface area contributed by atoms with Crippen LogP contribution in [0.5, 0.6) is 0 Å². The molecule has 0 spiro atoms. The molecule has 0 unspecified atom stereocenters. The fraction of sp³-hybridized carbons (Fsp3) is 0.562. The maximum atomic E-state index is 12.0. The third kappa shape index (κ3) is 2.51. The number of esters is 1. The van der Waals surface area contributed by atoms with E-state index in [0.29, 0.717) is 10.4 Å². The number of nitrogens with zero attached hydrogens (tertiary/aromatic N) is 3. The first-order valence-electron chi connectivity index (χ1n) is 7.68. The van der Waals surface area contributed by atoms with Gasteiger partial charge in [-0.3, -0.25) is 9.20 Å². The summed E-state index contributed by atoms with van der Waals surface area (Å²) in [5, 5.41) is 0. The smallest absolute Gasteiger partial charge is 0.311 e. The van der Waals surface area contributed by atoms with Crippen molar-refractivity contribution in [1.29, 1.82) is 0 Å². The fourth-order valence-electron chi connectivity index (χ4n) is 3.47. The van der Waals surface area contributed by atoms with Crippen molar-refractivity contribution < 1.29 is 9.53 Å². The molecule has 23 heavy (non-hydrogen) atoms. The number of imidazole rings is 1. The Morgan fingerprint density at radius 3 is 2.61 bits per heavy atom. The third-order valence-electron chi connectivity index (χ3n) is 5.22. The number of methoxy groups -OCH3 is 1. The highest BCUT2D eigenvalue weighted by molar-refractivity contribution is 9.10. The number of nitrogen functional groups attached to an aromatic ring is 1. The van der Waals surface area contributed by atoms with Gasteiger partial charge in [0.2, 0.25) is 0 Å². The van der Waals surface area contributed by atoms with Crippen molar-refractivity contribution in [3.63, 3.8) is 0 Å². The zero-order chi connectivity index (χ0) is 16.8. The second-order valence-corrected chi connectivity index (χ2v) is 7.62. The molecule has 0 aromatic carbocycles. The van der Waals surface area contributed by atoms with Gasteiger partial charge >= 0.3 is 5.97 Å². The minimum Gasteiger partial charge on any atom is -0.469 e. The molecule has 2 N–H and O–H groups in total. The van der Waals surface area contributed by atoms with Crippen LogP contribution in [0.25, 0.3) is 5.52 Å². The molecule has 0 saturated heterocycles. The van der Waals surface area contributed by atoms with Crippen molar-refractivity contribution in [3.05, 3.63) is 22.8 Å². The minimum atomic E-state index is -0.404. The Labute approximate surface area is 143 Å². The molecule has 1 aliphatic rings. The quantitative estimate of drug-likeness (QED) is 0.809. The first-order chi connectivity index (χ1) is 10.8. The van der Waals surface area contributed by atoms with Crippen molar-refractivity contribution >= 4 is 33.2 Å². The summed E-state index contributed by atoms with van der Waals surface area (Å²) in [6, 6.07) is 0. The van der Waals surface area contributed by atoms with Gasteiger partial charge in [0, 0.05) is 17.8 Å². The zero-order valence-corrected chi connectivity index (χ0v) is 15.2. The number of anilines is 1. The Hall–Kier alpha value is -1.63. The van der Waals surface area contributed by atoms with Crippen LogP contribution >= 0.6 is 15.9 Å². The highest BCUT2D eigenvalue weighted by Gasteiger charge is 2.45. The van der Waals surface area contributed by atoms with Crippen molar-refractivity contribution in [3.8, 4) is 0 Å². The first-order valence-corrected chi connectivity index (χ1v) is 8.47. The molecule has 0 radical (unpaired) electrons. The number of nitrogens with two attached hydrogens (primary N) is 1. The minimum absolute atomic E-state index is 0.115. The molecule has 6 nitrogen and oxygen atoms in total. The van der Waals surface area contributed by atoms with E-state index in [-0.39, 0.29) is 11.4 Å². The van der Waals surface area contributed by atoms with Crippen LogP contribution in [-0.2, 0) is 14.9 Å². The number of fused-ring (bicyclic) bond motifs is 1. The van der Waals surface area contributed by atoms with Crippen LogP contribution < -0.4 is 5.73 Å². The molecule has 2 aromatic heterocycles. The molecule has 0 amide bonds. The number of hydrogen-bond donors (Lipinski definition) is 1. The maximum absolute atomic E-state index is 12.0. The van der Waals surface area contributed by atoms with Gasteiger partial charge in [0.15, 0.2) is 5.82 Å². The second-order valence-electron chi connectivity index (χ2n) is 6.87. The molecular weight excluding hydrogens is 360 g/mol. The maximum Gasteiger partial charge on any atom is 0.311 e. The van der Waals surface area contributed by atoms with Gasteiger partial charge in [0.1, 0.15) is 15.9 Å². The molecule has 3 rings (SSSR count). The molecule has 0 atom stereocenters. The highest BCUT2D eigenvalue weighted by atomic mass is 79.9. The van der Waals surface area contributed by atoms with Crippen LogP contribution in [0.2, 0.25) is 0 Å². The van der Waals surface area contributed by atoms with E-state index < -0.39 is 5.41 Å². The lowest BCUT2D eigenvalue weighted by Gasteiger charge is -2.40. The second kappa shape index (κ2) is 5.47. The summed E-state index contributed by atoms with van der Waals surface area (Å²) in [6.07, 6.45) is 6.87. The number of ether oxygens (including phenoxy) is 1. The SMILES string of the molecule is COC(=O)[C@]1(C)CC[C@@](C)(c2nc(Br)c3c(N)nccn32)CC1. The number of rotatable bonds is 2. The van der Waals surface area contributed by atoms with Crippen molar-refractivity contribution in [1.82, 2.24) is 14.4 Å². The van der Waals surface area contributed by atoms with E-state index in [9.17, 15) is 4.79 Å².